The SMILES string of the molecule is Brc1cncc(Cc2ccccc2)c1. The van der Waals surface area contributed by atoms with Gasteiger partial charge in [0.2, 0.25) is 0 Å². The first-order valence-electron chi connectivity index (χ1n) is 4.48. The van der Waals surface area contributed by atoms with Gasteiger partial charge in [0.05, 0.1) is 0 Å². The van der Waals surface area contributed by atoms with E-state index in [1.807, 2.05) is 12.3 Å². The average Bonchev–Trinajstić information content (AvgIpc) is 2.19. The number of rotatable bonds is 2. The first kappa shape index (κ1) is 9.41. The molecule has 0 bridgehead atoms. The van der Waals surface area contributed by atoms with Crippen LogP contribution in [0.15, 0.2) is 53.3 Å². The molecule has 1 aromatic carbocycles. The summed E-state index contributed by atoms with van der Waals surface area (Å²) in [7, 11) is 0. The number of halogens is 1. The fraction of sp³-hybridized carbons (Fsp3) is 0.0833. The van der Waals surface area contributed by atoms with Crippen molar-refractivity contribution in [2.45, 2.75) is 6.42 Å². The van der Waals surface area contributed by atoms with E-state index in [4.69, 9.17) is 0 Å². The minimum absolute atomic E-state index is 0.938. The molecule has 2 rings (SSSR count). The predicted molar refractivity (Wildman–Crippen MR) is 61.2 cm³/mol. The Hall–Kier alpha value is -1.15. The lowest BCUT2D eigenvalue weighted by molar-refractivity contribution is 1.14. The van der Waals surface area contributed by atoms with Crippen LogP contribution in [-0.2, 0) is 6.42 Å². The first-order chi connectivity index (χ1) is 6.84. The number of aromatic nitrogens is 1. The summed E-state index contributed by atoms with van der Waals surface area (Å²) in [4.78, 5) is 4.13. The molecular weight excluding hydrogens is 238 g/mol. The monoisotopic (exact) mass is 247 g/mol. The highest BCUT2D eigenvalue weighted by atomic mass is 79.9. The van der Waals surface area contributed by atoms with Crippen LogP contribution in [0.1, 0.15) is 11.1 Å². The zero-order chi connectivity index (χ0) is 9.80. The molecule has 14 heavy (non-hydrogen) atoms. The van der Waals surface area contributed by atoms with E-state index in [2.05, 4.69) is 51.2 Å². The van der Waals surface area contributed by atoms with Crippen molar-refractivity contribution in [1.82, 2.24) is 4.98 Å². The lowest BCUT2D eigenvalue weighted by atomic mass is 10.1. The molecule has 0 aliphatic carbocycles. The molecule has 0 atom stereocenters. The van der Waals surface area contributed by atoms with Gasteiger partial charge in [0, 0.05) is 16.9 Å². The van der Waals surface area contributed by atoms with E-state index in [-0.39, 0.29) is 0 Å². The largest absolute Gasteiger partial charge is 0.263 e. The second-order valence-electron chi connectivity index (χ2n) is 3.17. The van der Waals surface area contributed by atoms with Crippen molar-refractivity contribution in [2.75, 3.05) is 0 Å². The summed E-state index contributed by atoms with van der Waals surface area (Å²) in [6.07, 6.45) is 4.64. The van der Waals surface area contributed by atoms with Crippen LogP contribution in [0, 0.1) is 0 Å². The number of hydrogen-bond donors (Lipinski definition) is 0. The summed E-state index contributed by atoms with van der Waals surface area (Å²) in [5.74, 6) is 0. The van der Waals surface area contributed by atoms with Crippen LogP contribution in [-0.4, -0.2) is 4.98 Å². The highest BCUT2D eigenvalue weighted by molar-refractivity contribution is 9.10. The van der Waals surface area contributed by atoms with Gasteiger partial charge in [-0.15, -0.1) is 0 Å². The van der Waals surface area contributed by atoms with Gasteiger partial charge in [-0.3, -0.25) is 4.98 Å². The lowest BCUT2D eigenvalue weighted by Gasteiger charge is -2.01. The van der Waals surface area contributed by atoms with E-state index in [9.17, 15) is 0 Å². The second kappa shape index (κ2) is 4.38. The van der Waals surface area contributed by atoms with E-state index in [0.29, 0.717) is 0 Å². The number of nitrogens with zero attached hydrogens (tertiary/aromatic N) is 1. The molecule has 0 radical (unpaired) electrons. The molecule has 0 saturated carbocycles. The fourth-order valence-corrected chi connectivity index (χ4v) is 1.80. The summed E-state index contributed by atoms with van der Waals surface area (Å²) < 4.78 is 1.03. The average molecular weight is 248 g/mol. The third-order valence-electron chi connectivity index (χ3n) is 2.01. The highest BCUT2D eigenvalue weighted by Gasteiger charge is 1.96. The van der Waals surface area contributed by atoms with Crippen LogP contribution in [0.3, 0.4) is 0 Å². The van der Waals surface area contributed by atoms with Crippen LogP contribution in [0.5, 0.6) is 0 Å². The number of pyridine rings is 1. The van der Waals surface area contributed by atoms with Crippen LogP contribution in [0.2, 0.25) is 0 Å². The Morgan fingerprint density at radius 2 is 1.79 bits per heavy atom. The predicted octanol–water partition coefficient (Wildman–Crippen LogP) is 3.43. The molecule has 2 aromatic rings. The molecule has 0 unspecified atom stereocenters. The van der Waals surface area contributed by atoms with E-state index in [0.717, 1.165) is 10.9 Å². The molecule has 70 valence electrons. The van der Waals surface area contributed by atoms with Crippen LogP contribution in [0.25, 0.3) is 0 Å². The van der Waals surface area contributed by atoms with Gasteiger partial charge < -0.3 is 0 Å². The van der Waals surface area contributed by atoms with Crippen LogP contribution >= 0.6 is 15.9 Å². The van der Waals surface area contributed by atoms with Crippen molar-refractivity contribution in [3.8, 4) is 0 Å². The number of hydrogen-bond acceptors (Lipinski definition) is 1. The smallest absolute Gasteiger partial charge is 0.0410 e. The molecule has 0 fully saturated rings. The van der Waals surface area contributed by atoms with Gasteiger partial charge in [-0.05, 0) is 39.5 Å². The Labute approximate surface area is 91.9 Å². The van der Waals surface area contributed by atoms with E-state index in [1.165, 1.54) is 11.1 Å². The van der Waals surface area contributed by atoms with Gasteiger partial charge >= 0.3 is 0 Å². The zero-order valence-electron chi connectivity index (χ0n) is 7.65. The van der Waals surface area contributed by atoms with Crippen molar-refractivity contribution in [3.63, 3.8) is 0 Å². The van der Waals surface area contributed by atoms with Crippen molar-refractivity contribution < 1.29 is 0 Å². The molecule has 0 aliphatic heterocycles. The Balaban J connectivity index is 2.19. The molecule has 2 heteroatoms. The molecular formula is C12H10BrN. The van der Waals surface area contributed by atoms with Gasteiger partial charge in [-0.1, -0.05) is 30.3 Å². The Morgan fingerprint density at radius 3 is 2.50 bits per heavy atom. The second-order valence-corrected chi connectivity index (χ2v) is 4.09. The quantitative estimate of drug-likeness (QED) is 0.793. The van der Waals surface area contributed by atoms with Crippen molar-refractivity contribution in [1.29, 1.82) is 0 Å². The maximum absolute atomic E-state index is 4.13. The minimum Gasteiger partial charge on any atom is -0.263 e. The van der Waals surface area contributed by atoms with Gasteiger partial charge in [0.1, 0.15) is 0 Å². The normalized spacial score (nSPS) is 10.1. The highest BCUT2D eigenvalue weighted by Crippen LogP contribution is 2.13. The lowest BCUT2D eigenvalue weighted by Crippen LogP contribution is -1.88. The molecule has 1 nitrogen and oxygen atoms in total. The van der Waals surface area contributed by atoms with Crippen LogP contribution in [0.4, 0.5) is 0 Å². The molecule has 1 heterocycles. The third-order valence-corrected chi connectivity index (χ3v) is 2.45. The first-order valence-corrected chi connectivity index (χ1v) is 5.27. The Kier molecular flexibility index (Phi) is 2.94. The fourth-order valence-electron chi connectivity index (χ4n) is 1.38. The Bertz CT molecular complexity index is 412. The minimum atomic E-state index is 0.938. The van der Waals surface area contributed by atoms with E-state index in [1.54, 1.807) is 6.20 Å². The van der Waals surface area contributed by atoms with Crippen LogP contribution < -0.4 is 0 Å². The standard InChI is InChI=1S/C12H10BrN/c13-12-7-11(8-14-9-12)6-10-4-2-1-3-5-10/h1-5,7-9H,6H2. The molecule has 0 amide bonds. The van der Waals surface area contributed by atoms with Gasteiger partial charge in [0.15, 0.2) is 0 Å². The summed E-state index contributed by atoms with van der Waals surface area (Å²) in [6, 6.07) is 12.5. The van der Waals surface area contributed by atoms with Gasteiger partial charge in [0.25, 0.3) is 0 Å². The number of benzene rings is 1. The topological polar surface area (TPSA) is 12.9 Å². The van der Waals surface area contributed by atoms with Gasteiger partial charge in [-0.25, -0.2) is 0 Å². The van der Waals surface area contributed by atoms with E-state index < -0.39 is 0 Å². The maximum Gasteiger partial charge on any atom is 0.0410 e. The summed E-state index contributed by atoms with van der Waals surface area (Å²) in [5, 5.41) is 0. The van der Waals surface area contributed by atoms with E-state index >= 15 is 0 Å². The van der Waals surface area contributed by atoms with Crippen molar-refractivity contribution in [2.24, 2.45) is 0 Å². The molecule has 0 aliphatic rings. The molecule has 1 aromatic heterocycles. The summed E-state index contributed by atoms with van der Waals surface area (Å²) in [6.45, 7) is 0. The Morgan fingerprint density at radius 1 is 1.00 bits per heavy atom. The van der Waals surface area contributed by atoms with Crippen molar-refractivity contribution in [3.05, 3.63) is 64.4 Å². The molecule has 0 saturated heterocycles. The third kappa shape index (κ3) is 2.42. The zero-order valence-corrected chi connectivity index (χ0v) is 9.24. The summed E-state index contributed by atoms with van der Waals surface area (Å²) in [5.41, 5.74) is 2.54. The molecule has 0 N–H and O–H groups in total. The van der Waals surface area contributed by atoms with Crippen molar-refractivity contribution >= 4 is 15.9 Å². The summed E-state index contributed by atoms with van der Waals surface area (Å²) >= 11 is 3.41. The van der Waals surface area contributed by atoms with Gasteiger partial charge in [-0.2, -0.15) is 0 Å². The maximum atomic E-state index is 4.13. The molecule has 0 spiro atoms.